The maximum absolute atomic E-state index is 9.95. The van der Waals surface area contributed by atoms with E-state index in [1.54, 1.807) is 0 Å². The summed E-state index contributed by atoms with van der Waals surface area (Å²) in [4.78, 5) is 0. The normalized spacial score (nSPS) is 17.8. The minimum Gasteiger partial charge on any atom is -0.390 e. The van der Waals surface area contributed by atoms with Crippen molar-refractivity contribution in [3.05, 3.63) is 0 Å². The molecule has 0 aromatic rings. The molecule has 1 N–H and O–H groups in total. The fourth-order valence-electron chi connectivity index (χ4n) is 1.62. The SMILES string of the molecule is CCCC(OCC)C(O)CC(C)CC. The average molecular weight is 202 g/mol. The first-order chi connectivity index (χ1) is 6.65. The highest BCUT2D eigenvalue weighted by atomic mass is 16.5. The lowest BCUT2D eigenvalue weighted by Gasteiger charge is -2.24. The van der Waals surface area contributed by atoms with Crippen LogP contribution in [0.3, 0.4) is 0 Å². The van der Waals surface area contributed by atoms with Gasteiger partial charge in [0, 0.05) is 6.61 Å². The smallest absolute Gasteiger partial charge is 0.0833 e. The van der Waals surface area contributed by atoms with Gasteiger partial charge >= 0.3 is 0 Å². The molecule has 0 amide bonds. The summed E-state index contributed by atoms with van der Waals surface area (Å²) in [5.74, 6) is 0.588. The lowest BCUT2D eigenvalue weighted by molar-refractivity contribution is -0.0453. The largest absolute Gasteiger partial charge is 0.390 e. The Morgan fingerprint density at radius 1 is 1.21 bits per heavy atom. The molecular weight excluding hydrogens is 176 g/mol. The molecule has 3 atom stereocenters. The first kappa shape index (κ1) is 13.9. The summed E-state index contributed by atoms with van der Waals surface area (Å²) in [6.07, 6.45) is 3.78. The predicted octanol–water partition coefficient (Wildman–Crippen LogP) is 2.99. The Labute approximate surface area is 88.7 Å². The third-order valence-corrected chi connectivity index (χ3v) is 2.72. The maximum atomic E-state index is 9.95. The second kappa shape index (κ2) is 8.25. The molecule has 0 rings (SSSR count). The molecule has 2 heteroatoms. The van der Waals surface area contributed by atoms with Crippen molar-refractivity contribution in [3.63, 3.8) is 0 Å². The Hall–Kier alpha value is -0.0800. The molecule has 0 aliphatic rings. The van der Waals surface area contributed by atoms with Gasteiger partial charge in [-0.1, -0.05) is 33.6 Å². The van der Waals surface area contributed by atoms with E-state index < -0.39 is 0 Å². The van der Waals surface area contributed by atoms with Crippen LogP contribution in [0.4, 0.5) is 0 Å². The lowest BCUT2D eigenvalue weighted by Crippen LogP contribution is -2.30. The zero-order valence-corrected chi connectivity index (χ0v) is 10.1. The van der Waals surface area contributed by atoms with E-state index in [0.717, 1.165) is 25.7 Å². The van der Waals surface area contributed by atoms with Crippen LogP contribution in [0.2, 0.25) is 0 Å². The van der Waals surface area contributed by atoms with E-state index in [9.17, 15) is 5.11 Å². The first-order valence-corrected chi connectivity index (χ1v) is 5.95. The van der Waals surface area contributed by atoms with Crippen molar-refractivity contribution >= 4 is 0 Å². The van der Waals surface area contributed by atoms with Crippen molar-refractivity contribution in [1.82, 2.24) is 0 Å². The maximum Gasteiger partial charge on any atom is 0.0833 e. The molecule has 0 saturated carbocycles. The zero-order valence-electron chi connectivity index (χ0n) is 10.1. The van der Waals surface area contributed by atoms with Gasteiger partial charge in [-0.15, -0.1) is 0 Å². The van der Waals surface area contributed by atoms with Gasteiger partial charge in [-0.2, -0.15) is 0 Å². The van der Waals surface area contributed by atoms with Crippen LogP contribution in [0.25, 0.3) is 0 Å². The quantitative estimate of drug-likeness (QED) is 0.655. The van der Waals surface area contributed by atoms with Gasteiger partial charge in [-0.25, -0.2) is 0 Å². The average Bonchev–Trinajstić information content (AvgIpc) is 2.17. The lowest BCUT2D eigenvalue weighted by atomic mass is 9.96. The second-order valence-electron chi connectivity index (χ2n) is 4.10. The van der Waals surface area contributed by atoms with Crippen molar-refractivity contribution in [2.75, 3.05) is 6.61 Å². The Morgan fingerprint density at radius 3 is 2.29 bits per heavy atom. The molecule has 0 heterocycles. The van der Waals surface area contributed by atoms with Gasteiger partial charge < -0.3 is 9.84 Å². The Kier molecular flexibility index (Phi) is 8.20. The Bertz CT molecular complexity index is 119. The van der Waals surface area contributed by atoms with Gasteiger partial charge in [0.15, 0.2) is 0 Å². The van der Waals surface area contributed by atoms with E-state index in [1.807, 2.05) is 6.92 Å². The van der Waals surface area contributed by atoms with Gasteiger partial charge in [0.25, 0.3) is 0 Å². The van der Waals surface area contributed by atoms with Gasteiger partial charge in [0.05, 0.1) is 12.2 Å². The van der Waals surface area contributed by atoms with Gasteiger partial charge in [0.2, 0.25) is 0 Å². The summed E-state index contributed by atoms with van der Waals surface area (Å²) in [6, 6.07) is 0. The van der Waals surface area contributed by atoms with Crippen LogP contribution in [0.5, 0.6) is 0 Å². The van der Waals surface area contributed by atoms with Crippen LogP contribution < -0.4 is 0 Å². The van der Waals surface area contributed by atoms with Gasteiger partial charge in [0.1, 0.15) is 0 Å². The molecule has 0 radical (unpaired) electrons. The predicted molar refractivity (Wildman–Crippen MR) is 60.4 cm³/mol. The monoisotopic (exact) mass is 202 g/mol. The summed E-state index contributed by atoms with van der Waals surface area (Å²) in [7, 11) is 0. The highest BCUT2D eigenvalue weighted by Crippen LogP contribution is 2.17. The Balaban J connectivity index is 3.92. The molecule has 0 bridgehead atoms. The van der Waals surface area contributed by atoms with E-state index in [2.05, 4.69) is 20.8 Å². The minimum absolute atomic E-state index is 0.0407. The number of hydrogen-bond acceptors (Lipinski definition) is 2. The fraction of sp³-hybridized carbons (Fsp3) is 1.00. The van der Waals surface area contributed by atoms with Crippen molar-refractivity contribution in [2.24, 2.45) is 5.92 Å². The van der Waals surface area contributed by atoms with Crippen molar-refractivity contribution in [1.29, 1.82) is 0 Å². The van der Waals surface area contributed by atoms with Crippen molar-refractivity contribution < 1.29 is 9.84 Å². The van der Waals surface area contributed by atoms with Crippen molar-refractivity contribution in [3.8, 4) is 0 Å². The van der Waals surface area contributed by atoms with Gasteiger partial charge in [-0.3, -0.25) is 0 Å². The summed E-state index contributed by atoms with van der Waals surface area (Å²) < 4.78 is 5.54. The second-order valence-corrected chi connectivity index (χ2v) is 4.10. The molecule has 0 aromatic heterocycles. The molecule has 0 saturated heterocycles. The third-order valence-electron chi connectivity index (χ3n) is 2.72. The highest BCUT2D eigenvalue weighted by Gasteiger charge is 2.20. The van der Waals surface area contributed by atoms with E-state index in [-0.39, 0.29) is 12.2 Å². The van der Waals surface area contributed by atoms with Gasteiger partial charge in [-0.05, 0) is 25.7 Å². The molecule has 0 fully saturated rings. The van der Waals surface area contributed by atoms with Crippen LogP contribution in [-0.4, -0.2) is 23.9 Å². The molecule has 0 aromatic carbocycles. The third kappa shape index (κ3) is 5.61. The fourth-order valence-corrected chi connectivity index (χ4v) is 1.62. The van der Waals surface area contributed by atoms with Crippen LogP contribution in [0.15, 0.2) is 0 Å². The molecule has 2 nitrogen and oxygen atoms in total. The van der Waals surface area contributed by atoms with E-state index in [1.165, 1.54) is 0 Å². The number of aliphatic hydroxyl groups excluding tert-OH is 1. The first-order valence-electron chi connectivity index (χ1n) is 5.95. The molecular formula is C12H26O2. The van der Waals surface area contributed by atoms with Crippen LogP contribution in [-0.2, 0) is 4.74 Å². The molecule has 0 spiro atoms. The summed E-state index contributed by atoms with van der Waals surface area (Å²) in [5.41, 5.74) is 0. The minimum atomic E-state index is -0.287. The number of ether oxygens (including phenoxy) is 1. The van der Waals surface area contributed by atoms with Crippen LogP contribution in [0, 0.1) is 5.92 Å². The van der Waals surface area contributed by atoms with Crippen LogP contribution in [0.1, 0.15) is 53.4 Å². The standard InChI is InChI=1S/C12H26O2/c1-5-8-12(14-7-3)11(13)9-10(4)6-2/h10-13H,5-9H2,1-4H3. The van der Waals surface area contributed by atoms with E-state index >= 15 is 0 Å². The zero-order chi connectivity index (χ0) is 11.0. The number of hydrogen-bond donors (Lipinski definition) is 1. The molecule has 0 aliphatic carbocycles. The topological polar surface area (TPSA) is 29.5 Å². The number of aliphatic hydroxyl groups is 1. The molecule has 0 aliphatic heterocycles. The Morgan fingerprint density at radius 2 is 1.86 bits per heavy atom. The highest BCUT2D eigenvalue weighted by molar-refractivity contribution is 4.71. The summed E-state index contributed by atoms with van der Waals surface area (Å²) in [6.45, 7) is 9.15. The molecule has 14 heavy (non-hydrogen) atoms. The van der Waals surface area contributed by atoms with E-state index in [0.29, 0.717) is 12.5 Å². The number of rotatable bonds is 8. The van der Waals surface area contributed by atoms with E-state index in [4.69, 9.17) is 4.74 Å². The molecule has 86 valence electrons. The summed E-state index contributed by atoms with van der Waals surface area (Å²) >= 11 is 0. The summed E-state index contributed by atoms with van der Waals surface area (Å²) in [5, 5.41) is 9.95. The van der Waals surface area contributed by atoms with Crippen LogP contribution >= 0.6 is 0 Å². The van der Waals surface area contributed by atoms with Crippen molar-refractivity contribution in [2.45, 2.75) is 65.6 Å². The molecule has 3 unspecified atom stereocenters.